The minimum atomic E-state index is -0.504. The predicted octanol–water partition coefficient (Wildman–Crippen LogP) is 6.41. The Kier molecular flexibility index (Phi) is 8.52. The number of carbonyl (C=O) groups excluding carboxylic acids is 1. The molecule has 0 radical (unpaired) electrons. The molecule has 0 saturated carbocycles. The molecule has 1 amide bonds. The fourth-order valence-corrected chi connectivity index (χ4v) is 4.68. The summed E-state index contributed by atoms with van der Waals surface area (Å²) in [5.41, 5.74) is 1.56. The zero-order valence-corrected chi connectivity index (χ0v) is 23.9. The van der Waals surface area contributed by atoms with Crippen LogP contribution >= 0.6 is 15.9 Å². The summed E-state index contributed by atoms with van der Waals surface area (Å²) in [7, 11) is 3.10. The Labute approximate surface area is 231 Å². The summed E-state index contributed by atoms with van der Waals surface area (Å²) in [5, 5.41) is 0.520. The first kappa shape index (κ1) is 27.4. The van der Waals surface area contributed by atoms with Crippen LogP contribution in [0.4, 0.5) is 0 Å². The van der Waals surface area contributed by atoms with Gasteiger partial charge in [0.05, 0.1) is 36.9 Å². The van der Waals surface area contributed by atoms with E-state index in [9.17, 15) is 9.59 Å². The van der Waals surface area contributed by atoms with Gasteiger partial charge in [0.15, 0.2) is 11.5 Å². The van der Waals surface area contributed by atoms with Crippen molar-refractivity contribution in [2.75, 3.05) is 20.8 Å². The molecule has 4 rings (SSSR count). The summed E-state index contributed by atoms with van der Waals surface area (Å²) in [4.78, 5) is 34.5. The van der Waals surface area contributed by atoms with Gasteiger partial charge in [0.2, 0.25) is 0 Å². The van der Waals surface area contributed by atoms with Crippen LogP contribution in [0.25, 0.3) is 16.6 Å². The Morgan fingerprint density at radius 3 is 2.32 bits per heavy atom. The SMILES string of the molecule is COc1ccc(C(=O)N(CCC(C)C)C(C)c2nc3ccccc3c(=O)n2-c2ccc(Br)cc2)cc1OC. The third-order valence-electron chi connectivity index (χ3n) is 6.57. The van der Waals surface area contributed by atoms with Gasteiger partial charge in [-0.2, -0.15) is 0 Å². The van der Waals surface area contributed by atoms with Crippen LogP contribution in [0.2, 0.25) is 0 Å². The number of aromatic nitrogens is 2. The van der Waals surface area contributed by atoms with E-state index in [0.717, 1.165) is 10.9 Å². The number of para-hydroxylation sites is 1. The van der Waals surface area contributed by atoms with Crippen molar-refractivity contribution in [1.82, 2.24) is 14.5 Å². The monoisotopic (exact) mass is 577 g/mol. The van der Waals surface area contributed by atoms with Gasteiger partial charge in [-0.05, 0) is 73.9 Å². The maximum absolute atomic E-state index is 14.0. The number of ether oxygens (including phenoxy) is 2. The van der Waals surface area contributed by atoms with Gasteiger partial charge in [0.25, 0.3) is 11.5 Å². The lowest BCUT2D eigenvalue weighted by Gasteiger charge is -2.31. The first-order chi connectivity index (χ1) is 18.2. The summed E-state index contributed by atoms with van der Waals surface area (Å²) < 4.78 is 13.3. The molecule has 0 aliphatic carbocycles. The zero-order valence-electron chi connectivity index (χ0n) is 22.3. The lowest BCUT2D eigenvalue weighted by atomic mass is 10.1. The van der Waals surface area contributed by atoms with Crippen LogP contribution in [0.5, 0.6) is 11.5 Å². The zero-order chi connectivity index (χ0) is 27.4. The van der Waals surface area contributed by atoms with Crippen molar-refractivity contribution in [2.24, 2.45) is 5.92 Å². The van der Waals surface area contributed by atoms with E-state index in [4.69, 9.17) is 14.5 Å². The van der Waals surface area contributed by atoms with Crippen LogP contribution in [0.15, 0.2) is 76.0 Å². The standard InChI is InChI=1S/C30H32BrN3O4/c1-19(2)16-17-33(29(35)21-10-15-26(37-4)27(18-21)38-5)20(3)28-32-25-9-7-6-8-24(25)30(36)34(28)23-13-11-22(31)12-14-23/h6-15,18-20H,16-17H2,1-5H3. The molecule has 1 atom stereocenters. The smallest absolute Gasteiger partial charge is 0.266 e. The number of hydrogen-bond acceptors (Lipinski definition) is 5. The number of carbonyl (C=O) groups is 1. The van der Waals surface area contributed by atoms with E-state index in [0.29, 0.717) is 51.9 Å². The number of methoxy groups -OCH3 is 2. The van der Waals surface area contributed by atoms with Crippen LogP contribution in [0.3, 0.4) is 0 Å². The van der Waals surface area contributed by atoms with Gasteiger partial charge in [0.1, 0.15) is 5.82 Å². The normalized spacial score (nSPS) is 12.0. The molecule has 4 aromatic rings. The van der Waals surface area contributed by atoms with Gasteiger partial charge in [-0.25, -0.2) is 4.98 Å². The molecule has 0 aliphatic heterocycles. The quantitative estimate of drug-likeness (QED) is 0.229. The number of benzene rings is 3. The van der Waals surface area contributed by atoms with E-state index in [1.807, 2.05) is 49.4 Å². The molecular formula is C30H32BrN3O4. The number of hydrogen-bond donors (Lipinski definition) is 0. The van der Waals surface area contributed by atoms with Crippen molar-refractivity contribution in [3.63, 3.8) is 0 Å². The molecule has 1 heterocycles. The number of fused-ring (bicyclic) bond motifs is 1. The molecule has 0 bridgehead atoms. The molecule has 0 spiro atoms. The van der Waals surface area contributed by atoms with Crippen molar-refractivity contribution in [3.8, 4) is 17.2 Å². The maximum Gasteiger partial charge on any atom is 0.266 e. The van der Waals surface area contributed by atoms with Crippen LogP contribution in [0, 0.1) is 5.92 Å². The largest absolute Gasteiger partial charge is 0.493 e. The van der Waals surface area contributed by atoms with Crippen molar-refractivity contribution in [2.45, 2.75) is 33.2 Å². The Bertz CT molecular complexity index is 1500. The lowest BCUT2D eigenvalue weighted by molar-refractivity contribution is 0.0671. The summed E-state index contributed by atoms with van der Waals surface area (Å²) in [5.74, 6) is 1.72. The third-order valence-corrected chi connectivity index (χ3v) is 7.10. The van der Waals surface area contributed by atoms with Gasteiger partial charge >= 0.3 is 0 Å². The Morgan fingerprint density at radius 2 is 1.66 bits per heavy atom. The second-order valence-corrected chi connectivity index (χ2v) is 10.4. The minimum absolute atomic E-state index is 0.177. The number of rotatable bonds is 9. The third kappa shape index (κ3) is 5.60. The van der Waals surface area contributed by atoms with Crippen molar-refractivity contribution in [1.29, 1.82) is 0 Å². The molecule has 198 valence electrons. The highest BCUT2D eigenvalue weighted by Gasteiger charge is 2.28. The second-order valence-electron chi connectivity index (χ2n) is 9.53. The molecule has 7 nitrogen and oxygen atoms in total. The summed E-state index contributed by atoms with van der Waals surface area (Å²) in [6, 6.07) is 19.4. The first-order valence-corrected chi connectivity index (χ1v) is 13.3. The van der Waals surface area contributed by atoms with Crippen molar-refractivity contribution >= 4 is 32.7 Å². The number of nitrogens with zero attached hydrogens (tertiary/aromatic N) is 3. The van der Waals surface area contributed by atoms with E-state index in [-0.39, 0.29) is 11.5 Å². The summed E-state index contributed by atoms with van der Waals surface area (Å²) in [6.07, 6.45) is 0.791. The summed E-state index contributed by atoms with van der Waals surface area (Å²) in [6.45, 7) is 6.66. The predicted molar refractivity (Wildman–Crippen MR) is 153 cm³/mol. The molecule has 3 aromatic carbocycles. The molecular weight excluding hydrogens is 546 g/mol. The highest BCUT2D eigenvalue weighted by molar-refractivity contribution is 9.10. The second kappa shape index (κ2) is 11.8. The molecule has 0 N–H and O–H groups in total. The molecule has 1 unspecified atom stereocenters. The average Bonchev–Trinajstić information content (AvgIpc) is 2.93. The first-order valence-electron chi connectivity index (χ1n) is 12.6. The fraction of sp³-hybridized carbons (Fsp3) is 0.300. The molecule has 1 aromatic heterocycles. The molecule has 8 heteroatoms. The van der Waals surface area contributed by atoms with Crippen LogP contribution in [0.1, 0.15) is 49.4 Å². The van der Waals surface area contributed by atoms with Gasteiger partial charge in [-0.1, -0.05) is 41.9 Å². The highest BCUT2D eigenvalue weighted by Crippen LogP contribution is 2.30. The molecule has 0 fully saturated rings. The average molecular weight is 579 g/mol. The van der Waals surface area contributed by atoms with Crippen molar-refractivity contribution in [3.05, 3.63) is 92.9 Å². The van der Waals surface area contributed by atoms with Crippen LogP contribution < -0.4 is 15.0 Å². The van der Waals surface area contributed by atoms with Gasteiger partial charge in [0, 0.05) is 16.6 Å². The Morgan fingerprint density at radius 1 is 0.974 bits per heavy atom. The van der Waals surface area contributed by atoms with Crippen LogP contribution in [-0.4, -0.2) is 41.1 Å². The van der Waals surface area contributed by atoms with E-state index < -0.39 is 6.04 Å². The van der Waals surface area contributed by atoms with Crippen molar-refractivity contribution < 1.29 is 14.3 Å². The molecule has 38 heavy (non-hydrogen) atoms. The topological polar surface area (TPSA) is 73.7 Å². The number of halogens is 1. The minimum Gasteiger partial charge on any atom is -0.493 e. The highest BCUT2D eigenvalue weighted by atomic mass is 79.9. The lowest BCUT2D eigenvalue weighted by Crippen LogP contribution is -2.38. The van der Waals surface area contributed by atoms with Gasteiger partial charge in [-0.15, -0.1) is 0 Å². The van der Waals surface area contributed by atoms with E-state index in [1.54, 1.807) is 48.0 Å². The van der Waals surface area contributed by atoms with Gasteiger partial charge < -0.3 is 14.4 Å². The van der Waals surface area contributed by atoms with E-state index in [2.05, 4.69) is 29.8 Å². The number of amides is 1. The fourth-order valence-electron chi connectivity index (χ4n) is 4.41. The Balaban J connectivity index is 1.88. The van der Waals surface area contributed by atoms with Gasteiger partial charge in [-0.3, -0.25) is 14.2 Å². The maximum atomic E-state index is 14.0. The Hall–Kier alpha value is -3.65. The molecule has 0 saturated heterocycles. The van der Waals surface area contributed by atoms with E-state index >= 15 is 0 Å². The van der Waals surface area contributed by atoms with Crippen LogP contribution in [-0.2, 0) is 0 Å². The molecule has 0 aliphatic rings. The van der Waals surface area contributed by atoms with E-state index in [1.165, 1.54) is 0 Å². The summed E-state index contributed by atoms with van der Waals surface area (Å²) >= 11 is 3.47.